The number of carbonyl (C=O) groups is 1. The van der Waals surface area contributed by atoms with Crippen LogP contribution in [0.1, 0.15) is 19.8 Å². The molecule has 0 radical (unpaired) electrons. The zero-order chi connectivity index (χ0) is 17.7. The van der Waals surface area contributed by atoms with Crippen molar-refractivity contribution in [3.05, 3.63) is 18.2 Å². The SMILES string of the molecule is CCC(=O)N1CCCN(S(=O)(=O)c2ccc(OC)cc2OC)CC1. The molecule has 0 N–H and O–H groups in total. The third-order valence-corrected chi connectivity index (χ3v) is 6.04. The zero-order valence-electron chi connectivity index (χ0n) is 14.3. The van der Waals surface area contributed by atoms with E-state index in [9.17, 15) is 13.2 Å². The van der Waals surface area contributed by atoms with Gasteiger partial charge in [-0.05, 0) is 18.6 Å². The van der Waals surface area contributed by atoms with E-state index in [1.807, 2.05) is 6.92 Å². The maximum absolute atomic E-state index is 13.0. The van der Waals surface area contributed by atoms with E-state index in [-0.39, 0.29) is 23.1 Å². The second kappa shape index (κ2) is 7.85. The fourth-order valence-corrected chi connectivity index (χ4v) is 4.34. The molecule has 0 saturated carbocycles. The van der Waals surface area contributed by atoms with Gasteiger partial charge in [0, 0.05) is 38.7 Å². The third-order valence-electron chi connectivity index (χ3n) is 4.10. The molecule has 0 aliphatic carbocycles. The summed E-state index contributed by atoms with van der Waals surface area (Å²) in [7, 11) is -0.755. The number of sulfonamides is 1. The molecule has 134 valence electrons. The molecule has 0 unspecified atom stereocenters. The molecular weight excluding hydrogens is 332 g/mol. The Labute approximate surface area is 143 Å². The highest BCUT2D eigenvalue weighted by Crippen LogP contribution is 2.31. The predicted octanol–water partition coefficient (Wildman–Crippen LogP) is 1.34. The minimum Gasteiger partial charge on any atom is -0.497 e. The van der Waals surface area contributed by atoms with E-state index in [1.165, 1.54) is 24.6 Å². The van der Waals surface area contributed by atoms with E-state index in [0.717, 1.165) is 0 Å². The standard InChI is InChI=1S/C16H24N2O5S/c1-4-16(19)17-8-5-9-18(11-10-17)24(20,21)15-7-6-13(22-2)12-14(15)23-3/h6-7,12H,4-5,8-11H2,1-3H3. The van der Waals surface area contributed by atoms with Crippen LogP contribution < -0.4 is 9.47 Å². The van der Waals surface area contributed by atoms with Crippen LogP contribution in [0.5, 0.6) is 11.5 Å². The van der Waals surface area contributed by atoms with E-state index < -0.39 is 10.0 Å². The van der Waals surface area contributed by atoms with Gasteiger partial charge in [0.25, 0.3) is 0 Å². The first-order valence-electron chi connectivity index (χ1n) is 7.94. The van der Waals surface area contributed by atoms with Gasteiger partial charge in [-0.2, -0.15) is 4.31 Å². The van der Waals surface area contributed by atoms with E-state index in [2.05, 4.69) is 0 Å². The molecule has 1 fully saturated rings. The Morgan fingerprint density at radius 3 is 2.50 bits per heavy atom. The van der Waals surface area contributed by atoms with Crippen LogP contribution in [0.15, 0.2) is 23.1 Å². The van der Waals surface area contributed by atoms with Gasteiger partial charge in [0.05, 0.1) is 14.2 Å². The number of rotatable bonds is 5. The highest BCUT2D eigenvalue weighted by molar-refractivity contribution is 7.89. The van der Waals surface area contributed by atoms with E-state index in [4.69, 9.17) is 9.47 Å². The Hall–Kier alpha value is -1.80. The number of carbonyl (C=O) groups excluding carboxylic acids is 1. The fraction of sp³-hybridized carbons (Fsp3) is 0.562. The highest BCUT2D eigenvalue weighted by atomic mass is 32.2. The number of hydrogen-bond acceptors (Lipinski definition) is 5. The van der Waals surface area contributed by atoms with Crippen molar-refractivity contribution in [3.8, 4) is 11.5 Å². The molecule has 8 heteroatoms. The third kappa shape index (κ3) is 3.81. The number of benzene rings is 1. The first-order valence-corrected chi connectivity index (χ1v) is 9.38. The number of ether oxygens (including phenoxy) is 2. The molecule has 0 spiro atoms. The van der Waals surface area contributed by atoms with Crippen molar-refractivity contribution in [3.63, 3.8) is 0 Å². The van der Waals surface area contributed by atoms with E-state index in [0.29, 0.717) is 38.2 Å². The summed E-state index contributed by atoms with van der Waals surface area (Å²) in [6.45, 7) is 3.46. The van der Waals surface area contributed by atoms with Crippen LogP contribution in [0.25, 0.3) is 0 Å². The van der Waals surface area contributed by atoms with Gasteiger partial charge in [0.2, 0.25) is 15.9 Å². The van der Waals surface area contributed by atoms with Crippen LogP contribution in [0.3, 0.4) is 0 Å². The fourth-order valence-electron chi connectivity index (χ4n) is 2.73. The second-order valence-electron chi connectivity index (χ2n) is 5.51. The molecule has 1 amide bonds. The van der Waals surface area contributed by atoms with Gasteiger partial charge in [-0.15, -0.1) is 0 Å². The molecule has 1 saturated heterocycles. The molecule has 0 atom stereocenters. The lowest BCUT2D eigenvalue weighted by atomic mass is 10.3. The quantitative estimate of drug-likeness (QED) is 0.796. The number of nitrogens with zero attached hydrogens (tertiary/aromatic N) is 2. The van der Waals surface area contributed by atoms with Gasteiger partial charge < -0.3 is 14.4 Å². The summed E-state index contributed by atoms with van der Waals surface area (Å²) in [6, 6.07) is 4.64. The number of amides is 1. The van der Waals surface area contributed by atoms with Crippen molar-refractivity contribution >= 4 is 15.9 Å². The van der Waals surface area contributed by atoms with E-state index in [1.54, 1.807) is 17.0 Å². The van der Waals surface area contributed by atoms with Crippen molar-refractivity contribution in [1.29, 1.82) is 0 Å². The van der Waals surface area contributed by atoms with Crippen LogP contribution in [0.4, 0.5) is 0 Å². The zero-order valence-corrected chi connectivity index (χ0v) is 15.1. The van der Waals surface area contributed by atoms with Gasteiger partial charge in [-0.1, -0.05) is 6.92 Å². The molecule has 1 aliphatic rings. The summed E-state index contributed by atoms with van der Waals surface area (Å²) >= 11 is 0. The minimum absolute atomic E-state index is 0.0521. The summed E-state index contributed by atoms with van der Waals surface area (Å²) in [5, 5.41) is 0. The maximum atomic E-state index is 13.0. The Balaban J connectivity index is 2.26. The van der Waals surface area contributed by atoms with Gasteiger partial charge in [-0.25, -0.2) is 8.42 Å². The minimum atomic E-state index is -3.69. The highest BCUT2D eigenvalue weighted by Gasteiger charge is 2.30. The summed E-state index contributed by atoms with van der Waals surface area (Å²) in [4.78, 5) is 13.7. The summed E-state index contributed by atoms with van der Waals surface area (Å²) in [6.07, 6.45) is 1.04. The Morgan fingerprint density at radius 1 is 1.12 bits per heavy atom. The Morgan fingerprint density at radius 2 is 1.88 bits per heavy atom. The molecule has 1 heterocycles. The average Bonchev–Trinajstić information content (AvgIpc) is 2.87. The van der Waals surface area contributed by atoms with Gasteiger partial charge in [-0.3, -0.25) is 4.79 Å². The average molecular weight is 356 g/mol. The molecular formula is C16H24N2O5S. The first kappa shape index (κ1) is 18.5. The van der Waals surface area contributed by atoms with Crippen molar-refractivity contribution in [2.45, 2.75) is 24.7 Å². The Kier molecular flexibility index (Phi) is 6.06. The normalized spacial score (nSPS) is 16.5. The lowest BCUT2D eigenvalue weighted by Gasteiger charge is -2.22. The molecule has 1 aromatic rings. The second-order valence-corrected chi connectivity index (χ2v) is 7.42. The molecule has 0 aromatic heterocycles. The van der Waals surface area contributed by atoms with Gasteiger partial charge in [0.1, 0.15) is 16.4 Å². The lowest BCUT2D eigenvalue weighted by Crippen LogP contribution is -2.37. The largest absolute Gasteiger partial charge is 0.497 e. The number of methoxy groups -OCH3 is 2. The van der Waals surface area contributed by atoms with Crippen molar-refractivity contribution in [1.82, 2.24) is 9.21 Å². The van der Waals surface area contributed by atoms with Crippen LogP contribution in [0.2, 0.25) is 0 Å². The summed E-state index contributed by atoms with van der Waals surface area (Å²) in [5.41, 5.74) is 0. The lowest BCUT2D eigenvalue weighted by molar-refractivity contribution is -0.130. The monoisotopic (exact) mass is 356 g/mol. The summed E-state index contributed by atoms with van der Waals surface area (Å²) in [5.74, 6) is 0.831. The molecule has 24 heavy (non-hydrogen) atoms. The van der Waals surface area contributed by atoms with Crippen LogP contribution in [-0.4, -0.2) is 63.9 Å². The molecule has 1 aromatic carbocycles. The smallest absolute Gasteiger partial charge is 0.246 e. The number of hydrogen-bond donors (Lipinski definition) is 0. The van der Waals surface area contributed by atoms with Gasteiger partial charge in [0.15, 0.2) is 0 Å². The van der Waals surface area contributed by atoms with E-state index >= 15 is 0 Å². The van der Waals surface area contributed by atoms with Crippen LogP contribution in [-0.2, 0) is 14.8 Å². The van der Waals surface area contributed by atoms with Crippen molar-refractivity contribution < 1.29 is 22.7 Å². The molecule has 0 bridgehead atoms. The first-order chi connectivity index (χ1) is 11.4. The van der Waals surface area contributed by atoms with Crippen LogP contribution >= 0.6 is 0 Å². The summed E-state index contributed by atoms with van der Waals surface area (Å²) < 4.78 is 37.7. The molecule has 2 rings (SSSR count). The predicted molar refractivity (Wildman–Crippen MR) is 89.8 cm³/mol. The van der Waals surface area contributed by atoms with Gasteiger partial charge >= 0.3 is 0 Å². The maximum Gasteiger partial charge on any atom is 0.246 e. The molecule has 1 aliphatic heterocycles. The van der Waals surface area contributed by atoms with Crippen molar-refractivity contribution in [2.75, 3.05) is 40.4 Å². The molecule has 7 nitrogen and oxygen atoms in total. The van der Waals surface area contributed by atoms with Crippen molar-refractivity contribution in [2.24, 2.45) is 0 Å². The van der Waals surface area contributed by atoms with Crippen LogP contribution in [0, 0.1) is 0 Å². The Bertz CT molecular complexity index is 690. The topological polar surface area (TPSA) is 76.2 Å².